The summed E-state index contributed by atoms with van der Waals surface area (Å²) in [6.07, 6.45) is 2.83. The van der Waals surface area contributed by atoms with Gasteiger partial charge in [-0.05, 0) is 42.5 Å². The Balaban J connectivity index is 1.71. The molecule has 1 N–H and O–H groups in total. The summed E-state index contributed by atoms with van der Waals surface area (Å²) in [5, 5.41) is 2.98. The molecule has 3 rings (SSSR count). The third kappa shape index (κ3) is 4.54. The third-order valence-electron chi connectivity index (χ3n) is 5.13. The topological polar surface area (TPSA) is 84.9 Å². The summed E-state index contributed by atoms with van der Waals surface area (Å²) in [4.78, 5) is 12.6. The van der Waals surface area contributed by atoms with Gasteiger partial charge in [0.1, 0.15) is 0 Å². The quantitative estimate of drug-likeness (QED) is 0.747. The second kappa shape index (κ2) is 8.84. The summed E-state index contributed by atoms with van der Waals surface area (Å²) in [7, 11) is 0.449. The van der Waals surface area contributed by atoms with Crippen LogP contribution < -0.4 is 14.8 Å². The van der Waals surface area contributed by atoms with E-state index < -0.39 is 10.0 Å². The number of nitrogens with zero attached hydrogens (tertiary/aromatic N) is 1. The zero-order chi connectivity index (χ0) is 21.0. The van der Waals surface area contributed by atoms with Gasteiger partial charge in [0, 0.05) is 13.1 Å². The van der Waals surface area contributed by atoms with E-state index in [2.05, 4.69) is 11.4 Å². The largest absolute Gasteiger partial charge is 0.493 e. The fourth-order valence-electron chi connectivity index (χ4n) is 3.59. The number of benzene rings is 2. The molecule has 0 spiro atoms. The van der Waals surface area contributed by atoms with Gasteiger partial charge in [0.05, 0.1) is 31.7 Å². The van der Waals surface area contributed by atoms with Crippen LogP contribution in [-0.2, 0) is 21.2 Å². The van der Waals surface area contributed by atoms with Gasteiger partial charge in [-0.15, -0.1) is 0 Å². The summed E-state index contributed by atoms with van der Waals surface area (Å²) >= 11 is 0. The minimum Gasteiger partial charge on any atom is -0.493 e. The highest BCUT2D eigenvalue weighted by molar-refractivity contribution is 7.89. The minimum atomic E-state index is -3.86. The van der Waals surface area contributed by atoms with Crippen LogP contribution in [0.1, 0.15) is 30.0 Å². The Labute approximate surface area is 171 Å². The maximum Gasteiger partial charge on any atom is 0.243 e. The zero-order valence-corrected chi connectivity index (χ0v) is 17.7. The second-order valence-electron chi connectivity index (χ2n) is 6.99. The second-order valence-corrected chi connectivity index (χ2v) is 9.03. The highest BCUT2D eigenvalue weighted by Gasteiger charge is 2.27. The fraction of sp³-hybridized carbons (Fsp3) is 0.381. The summed E-state index contributed by atoms with van der Waals surface area (Å²) in [6.45, 7) is -0.269. The normalized spacial score (nSPS) is 16.2. The molecule has 1 aliphatic carbocycles. The number of methoxy groups -OCH3 is 2. The van der Waals surface area contributed by atoms with Gasteiger partial charge in [0.2, 0.25) is 15.9 Å². The molecule has 0 aliphatic heterocycles. The maximum atomic E-state index is 12.9. The van der Waals surface area contributed by atoms with Crippen molar-refractivity contribution in [3.8, 4) is 11.5 Å². The van der Waals surface area contributed by atoms with Crippen LogP contribution in [0.3, 0.4) is 0 Å². The van der Waals surface area contributed by atoms with Crippen molar-refractivity contribution in [2.45, 2.75) is 30.2 Å². The van der Waals surface area contributed by atoms with Gasteiger partial charge in [0.15, 0.2) is 11.5 Å². The Bertz CT molecular complexity index is 990. The molecule has 0 fully saturated rings. The Kier molecular flexibility index (Phi) is 6.44. The summed E-state index contributed by atoms with van der Waals surface area (Å²) in [6, 6.07) is 12.3. The van der Waals surface area contributed by atoms with E-state index in [1.165, 1.54) is 45.0 Å². The van der Waals surface area contributed by atoms with Gasteiger partial charge in [-0.1, -0.05) is 24.3 Å². The zero-order valence-electron chi connectivity index (χ0n) is 16.8. The fourth-order valence-corrected chi connectivity index (χ4v) is 4.73. The van der Waals surface area contributed by atoms with Gasteiger partial charge in [-0.3, -0.25) is 4.79 Å². The number of hydrogen-bond acceptors (Lipinski definition) is 5. The summed E-state index contributed by atoms with van der Waals surface area (Å²) in [5.41, 5.74) is 2.34. The first-order chi connectivity index (χ1) is 13.9. The van der Waals surface area contributed by atoms with Crippen LogP contribution >= 0.6 is 0 Å². The highest BCUT2D eigenvalue weighted by Crippen LogP contribution is 2.31. The van der Waals surface area contributed by atoms with Crippen molar-refractivity contribution in [3.05, 3.63) is 53.6 Å². The molecule has 0 saturated heterocycles. The van der Waals surface area contributed by atoms with Gasteiger partial charge in [0.25, 0.3) is 0 Å². The molecular weight excluding hydrogens is 392 g/mol. The van der Waals surface area contributed by atoms with Gasteiger partial charge in [-0.25, -0.2) is 8.42 Å². The first-order valence-corrected chi connectivity index (χ1v) is 10.9. The van der Waals surface area contributed by atoms with E-state index in [-0.39, 0.29) is 23.4 Å². The van der Waals surface area contributed by atoms with E-state index in [4.69, 9.17) is 9.47 Å². The Hall–Kier alpha value is -2.58. The first kappa shape index (κ1) is 21.1. The number of sulfonamides is 1. The van der Waals surface area contributed by atoms with Crippen molar-refractivity contribution in [3.63, 3.8) is 0 Å². The molecule has 29 heavy (non-hydrogen) atoms. The number of amides is 1. The first-order valence-electron chi connectivity index (χ1n) is 9.42. The number of carbonyl (C=O) groups excluding carboxylic acids is 1. The standard InChI is InChI=1S/C21H26N2O5S/c1-23(29(25,26)16-11-12-19(27-2)20(13-16)28-3)14-21(24)22-18-10-6-8-15-7-4-5-9-17(15)18/h4-5,7,9,11-13,18H,6,8,10,14H2,1-3H3,(H,22,24). The Morgan fingerprint density at radius 2 is 1.86 bits per heavy atom. The molecule has 1 aliphatic rings. The molecule has 2 aromatic rings. The molecule has 7 nitrogen and oxygen atoms in total. The van der Waals surface area contributed by atoms with Crippen LogP contribution in [0.2, 0.25) is 0 Å². The molecule has 1 amide bonds. The van der Waals surface area contributed by atoms with Crippen molar-refractivity contribution in [2.75, 3.05) is 27.8 Å². The number of carbonyl (C=O) groups is 1. The van der Waals surface area contributed by atoms with E-state index >= 15 is 0 Å². The number of aryl methyl sites for hydroxylation is 1. The predicted octanol–water partition coefficient (Wildman–Crippen LogP) is 2.52. The van der Waals surface area contributed by atoms with Crippen LogP contribution in [0.25, 0.3) is 0 Å². The Morgan fingerprint density at radius 1 is 1.14 bits per heavy atom. The van der Waals surface area contributed by atoms with Crippen LogP contribution in [0.5, 0.6) is 11.5 Å². The molecule has 2 aromatic carbocycles. The number of rotatable bonds is 7. The van der Waals surface area contributed by atoms with E-state index in [0.29, 0.717) is 11.5 Å². The SMILES string of the molecule is COc1ccc(S(=O)(=O)N(C)CC(=O)NC2CCCc3ccccc32)cc1OC. The van der Waals surface area contributed by atoms with Gasteiger partial charge >= 0.3 is 0 Å². The lowest BCUT2D eigenvalue weighted by Crippen LogP contribution is -2.40. The van der Waals surface area contributed by atoms with E-state index in [1.807, 2.05) is 18.2 Å². The number of hydrogen-bond donors (Lipinski definition) is 1. The molecule has 1 atom stereocenters. The predicted molar refractivity (Wildman–Crippen MR) is 110 cm³/mol. The molecule has 1 unspecified atom stereocenters. The lowest BCUT2D eigenvalue weighted by Gasteiger charge is -2.27. The lowest BCUT2D eigenvalue weighted by atomic mass is 9.88. The number of fused-ring (bicyclic) bond motifs is 1. The molecular formula is C21H26N2O5S. The minimum absolute atomic E-state index is 0.0356. The average Bonchev–Trinajstić information content (AvgIpc) is 2.73. The molecule has 0 heterocycles. The van der Waals surface area contributed by atoms with Crippen LogP contribution in [-0.4, -0.2) is 46.4 Å². The van der Waals surface area contributed by atoms with Crippen LogP contribution in [0, 0.1) is 0 Å². The average molecular weight is 419 g/mol. The van der Waals surface area contributed by atoms with Crippen LogP contribution in [0.4, 0.5) is 0 Å². The lowest BCUT2D eigenvalue weighted by molar-refractivity contribution is -0.122. The molecule has 0 saturated carbocycles. The highest BCUT2D eigenvalue weighted by atomic mass is 32.2. The Morgan fingerprint density at radius 3 is 2.59 bits per heavy atom. The summed E-state index contributed by atoms with van der Waals surface area (Å²) < 4.78 is 37.1. The molecule has 156 valence electrons. The number of likely N-dealkylation sites (N-methyl/N-ethyl adjacent to an activating group) is 1. The van der Waals surface area contributed by atoms with E-state index in [1.54, 1.807) is 0 Å². The van der Waals surface area contributed by atoms with Crippen molar-refractivity contribution in [2.24, 2.45) is 0 Å². The van der Waals surface area contributed by atoms with Gasteiger partial charge in [-0.2, -0.15) is 4.31 Å². The maximum absolute atomic E-state index is 12.9. The summed E-state index contributed by atoms with van der Waals surface area (Å²) in [5.74, 6) is 0.409. The van der Waals surface area contributed by atoms with E-state index in [9.17, 15) is 13.2 Å². The van der Waals surface area contributed by atoms with Crippen molar-refractivity contribution in [1.82, 2.24) is 9.62 Å². The smallest absolute Gasteiger partial charge is 0.243 e. The monoisotopic (exact) mass is 418 g/mol. The molecule has 0 bridgehead atoms. The van der Waals surface area contributed by atoms with E-state index in [0.717, 1.165) is 29.1 Å². The number of nitrogens with one attached hydrogen (secondary N) is 1. The molecule has 0 radical (unpaired) electrons. The van der Waals surface area contributed by atoms with Crippen molar-refractivity contribution >= 4 is 15.9 Å². The van der Waals surface area contributed by atoms with Crippen molar-refractivity contribution < 1.29 is 22.7 Å². The molecule has 8 heteroatoms. The number of ether oxygens (including phenoxy) is 2. The van der Waals surface area contributed by atoms with Crippen LogP contribution in [0.15, 0.2) is 47.4 Å². The van der Waals surface area contributed by atoms with Crippen molar-refractivity contribution in [1.29, 1.82) is 0 Å². The van der Waals surface area contributed by atoms with Gasteiger partial charge < -0.3 is 14.8 Å². The third-order valence-corrected chi connectivity index (χ3v) is 6.93. The molecule has 0 aromatic heterocycles.